The van der Waals surface area contributed by atoms with E-state index in [4.69, 9.17) is 10.5 Å². The number of nitrogen functional groups attached to an aromatic ring is 1. The zero-order chi connectivity index (χ0) is 35.5. The maximum atomic E-state index is 12.4. The molecule has 0 radical (unpaired) electrons. The second kappa shape index (κ2) is 18.6. The van der Waals surface area contributed by atoms with Crippen molar-refractivity contribution < 1.29 is 34.1 Å². The maximum absolute atomic E-state index is 12.4. The highest BCUT2D eigenvalue weighted by atomic mass is 32.2. The summed E-state index contributed by atoms with van der Waals surface area (Å²) in [6.07, 6.45) is 6.17. The molecule has 3 aliphatic rings. The van der Waals surface area contributed by atoms with Crippen molar-refractivity contribution in [2.75, 3.05) is 31.1 Å². The summed E-state index contributed by atoms with van der Waals surface area (Å²) in [5.41, 5.74) is 6.29. The van der Waals surface area contributed by atoms with Gasteiger partial charge in [-0.25, -0.2) is 9.97 Å². The number of unbranched alkanes of at least 4 members (excludes halogenated alkanes) is 5. The van der Waals surface area contributed by atoms with Gasteiger partial charge < -0.3 is 42.0 Å². The number of thioether (sulfide) groups is 1. The molecule has 0 aliphatic carbocycles. The number of hydrogen-bond acceptors (Lipinski definition) is 13. The van der Waals surface area contributed by atoms with Gasteiger partial charge in [0.2, 0.25) is 23.6 Å². The van der Waals surface area contributed by atoms with Crippen LogP contribution in [0, 0.1) is 5.92 Å². The Kier molecular flexibility index (Phi) is 14.0. The third kappa shape index (κ3) is 10.2. The van der Waals surface area contributed by atoms with Gasteiger partial charge in [-0.15, -0.1) is 5.10 Å². The number of aromatic nitrogens is 5. The van der Waals surface area contributed by atoms with Crippen LogP contribution in [0.1, 0.15) is 89.7 Å². The number of carbonyl (C=O) groups excluding carboxylic acids is 4. The Morgan fingerprint density at radius 1 is 0.920 bits per heavy atom. The summed E-state index contributed by atoms with van der Waals surface area (Å²) in [5.74, 6) is 1.64. The molecule has 0 spiro atoms. The number of ether oxygens (including phenoxy) is 1. The number of rotatable bonds is 20. The molecule has 18 heteroatoms. The van der Waals surface area contributed by atoms with Crippen LogP contribution in [0.15, 0.2) is 6.33 Å². The van der Waals surface area contributed by atoms with Gasteiger partial charge >= 0.3 is 0 Å². The van der Waals surface area contributed by atoms with Gasteiger partial charge in [0, 0.05) is 68.3 Å². The van der Waals surface area contributed by atoms with Crippen molar-refractivity contribution in [2.24, 2.45) is 5.92 Å². The minimum atomic E-state index is -1.32. The number of carbonyl (C=O) groups is 4. The van der Waals surface area contributed by atoms with E-state index in [1.54, 1.807) is 0 Å². The number of nitrogens with two attached hydrogens (primary N) is 1. The number of nitrogens with one attached hydrogen (secondary N) is 4. The fraction of sp³-hybridized carbons (Fsp3) is 0.750. The number of aliphatic hydroxyl groups is 2. The number of fused-ring (bicyclic) bond motifs is 2. The molecular formula is C32H50N10O7S. The third-order valence-corrected chi connectivity index (χ3v) is 11.1. The number of aliphatic hydroxyl groups excluding tert-OH is 2. The lowest BCUT2D eigenvalue weighted by atomic mass is 9.94. The Hall–Kier alpha value is -3.61. The van der Waals surface area contributed by atoms with Crippen LogP contribution in [0.4, 0.5) is 5.82 Å². The predicted octanol–water partition coefficient (Wildman–Crippen LogP) is 0.0726. The molecule has 1 unspecified atom stereocenters. The van der Waals surface area contributed by atoms with E-state index in [1.807, 2.05) is 11.8 Å². The number of amides is 4. The van der Waals surface area contributed by atoms with Crippen LogP contribution < -0.4 is 27.0 Å². The molecule has 7 atom stereocenters. The van der Waals surface area contributed by atoms with Gasteiger partial charge in [0.25, 0.3) is 0 Å². The molecule has 3 fully saturated rings. The monoisotopic (exact) mass is 718 g/mol. The molecule has 50 heavy (non-hydrogen) atoms. The fourth-order valence-electron chi connectivity index (χ4n) is 6.73. The van der Waals surface area contributed by atoms with Crippen LogP contribution in [0.2, 0.25) is 0 Å². The fourth-order valence-corrected chi connectivity index (χ4v) is 8.38. The Bertz CT molecular complexity index is 1460. The van der Waals surface area contributed by atoms with E-state index in [0.29, 0.717) is 56.0 Å². The molecule has 0 aromatic carbocycles. The van der Waals surface area contributed by atoms with Crippen LogP contribution in [0.25, 0.3) is 11.2 Å². The maximum Gasteiger partial charge on any atom is 0.220 e. The lowest BCUT2D eigenvalue weighted by Crippen LogP contribution is -2.39. The molecule has 2 aromatic rings. The van der Waals surface area contributed by atoms with E-state index in [-0.39, 0.29) is 53.6 Å². The topological polar surface area (TPSA) is 249 Å². The normalized spacial score (nSPS) is 25.8. The third-order valence-electron chi connectivity index (χ3n) is 9.57. The summed E-state index contributed by atoms with van der Waals surface area (Å²) in [6.45, 7) is 1.16. The van der Waals surface area contributed by atoms with Crippen LogP contribution in [-0.4, -0.2) is 114 Å². The minimum Gasteiger partial charge on any atom is -0.387 e. The molecule has 8 N–H and O–H groups in total. The van der Waals surface area contributed by atoms with Crippen molar-refractivity contribution in [3.8, 4) is 0 Å². The summed E-state index contributed by atoms with van der Waals surface area (Å²) in [4.78, 5) is 56.2. The lowest BCUT2D eigenvalue weighted by molar-refractivity contribution is -0.123. The lowest BCUT2D eigenvalue weighted by Gasteiger charge is -2.15. The highest BCUT2D eigenvalue weighted by Gasteiger charge is 2.45. The van der Waals surface area contributed by atoms with Crippen molar-refractivity contribution in [3.63, 3.8) is 0 Å². The van der Waals surface area contributed by atoms with Crippen LogP contribution in [-0.2, 0) is 23.9 Å². The van der Waals surface area contributed by atoms with Crippen LogP contribution in [0.3, 0.4) is 0 Å². The first kappa shape index (κ1) is 37.6. The second-order valence-corrected chi connectivity index (χ2v) is 14.6. The van der Waals surface area contributed by atoms with E-state index >= 15 is 0 Å². The molecule has 17 nitrogen and oxygen atoms in total. The van der Waals surface area contributed by atoms with Crippen LogP contribution in [0.5, 0.6) is 0 Å². The highest BCUT2D eigenvalue weighted by Crippen LogP contribution is 2.40. The molecule has 0 bridgehead atoms. The largest absolute Gasteiger partial charge is 0.387 e. The zero-order valence-corrected chi connectivity index (χ0v) is 29.1. The molecular weight excluding hydrogens is 668 g/mol. The molecule has 4 amide bonds. The summed E-state index contributed by atoms with van der Waals surface area (Å²) < 4.78 is 7.02. The average Bonchev–Trinajstić information content (AvgIpc) is 3.86. The van der Waals surface area contributed by atoms with Gasteiger partial charge in [-0.1, -0.05) is 24.5 Å². The van der Waals surface area contributed by atoms with Gasteiger partial charge in [-0.05, 0) is 38.5 Å². The SMILES string of the molecule is Nc1ncnc2c1nnn2C1O[C@H](CNC(=O)CCCCCNC(=O)CCCCCNC(=O)CCCC[C@@H]2SC[C@@H]3NC(=O)C[C@@H]32)[C@@H](O)[C@H]1O. The van der Waals surface area contributed by atoms with Gasteiger partial charge in [0.1, 0.15) is 24.6 Å². The minimum absolute atomic E-state index is 0.00157. The van der Waals surface area contributed by atoms with E-state index in [1.165, 1.54) is 11.0 Å². The van der Waals surface area contributed by atoms with Gasteiger partial charge in [0.15, 0.2) is 23.2 Å². The molecule has 5 heterocycles. The average molecular weight is 719 g/mol. The summed E-state index contributed by atoms with van der Waals surface area (Å²) in [5, 5.41) is 41.1. The van der Waals surface area contributed by atoms with Gasteiger partial charge in [0.05, 0.1) is 0 Å². The molecule has 3 aliphatic heterocycles. The Labute approximate surface area is 295 Å². The number of nitrogens with zero attached hydrogens (tertiary/aromatic N) is 5. The van der Waals surface area contributed by atoms with E-state index in [2.05, 4.69) is 41.5 Å². The number of anilines is 1. The van der Waals surface area contributed by atoms with Gasteiger partial charge in [-0.3, -0.25) is 19.2 Å². The number of hydrogen-bond donors (Lipinski definition) is 7. The Morgan fingerprint density at radius 2 is 1.58 bits per heavy atom. The second-order valence-electron chi connectivity index (χ2n) is 13.3. The van der Waals surface area contributed by atoms with Crippen molar-refractivity contribution >= 4 is 52.4 Å². The van der Waals surface area contributed by atoms with E-state index in [9.17, 15) is 29.4 Å². The molecule has 2 aromatic heterocycles. The molecule has 276 valence electrons. The Morgan fingerprint density at radius 3 is 2.28 bits per heavy atom. The molecule has 3 saturated heterocycles. The van der Waals surface area contributed by atoms with Crippen molar-refractivity contribution in [2.45, 2.75) is 119 Å². The first-order valence-electron chi connectivity index (χ1n) is 17.7. The van der Waals surface area contributed by atoms with Gasteiger partial charge in [-0.2, -0.15) is 16.4 Å². The molecule has 0 saturated carbocycles. The Balaban J connectivity index is 0.817. The predicted molar refractivity (Wildman–Crippen MR) is 184 cm³/mol. The first-order chi connectivity index (χ1) is 24.2. The smallest absolute Gasteiger partial charge is 0.220 e. The standard InChI is InChI=1S/C32H50N10O7S/c33-30-27-31(38-18-37-30)42(41-40-27)32-29(48)28(47)21(49-32)16-36-25(45)11-4-2-8-13-34-23(43)10-3-1-7-14-35-24(44)12-6-5-9-22-19-15-26(46)39-20(19)17-50-22/h18-22,28-29,32,47-48H,1-17H2,(H,34,43)(H,35,44)(H,36,45)(H,39,46)(H2,33,37,38)/t19-,20-,21+,22-,28+,29+,32?/m0/s1. The quantitative estimate of drug-likeness (QED) is 0.0897. The van der Waals surface area contributed by atoms with Crippen molar-refractivity contribution in [1.82, 2.24) is 46.2 Å². The first-order valence-corrected chi connectivity index (χ1v) is 18.8. The summed E-state index contributed by atoms with van der Waals surface area (Å²) in [7, 11) is 0. The van der Waals surface area contributed by atoms with E-state index in [0.717, 1.165) is 57.1 Å². The zero-order valence-electron chi connectivity index (χ0n) is 28.3. The van der Waals surface area contributed by atoms with E-state index < -0.39 is 24.5 Å². The molecule has 5 rings (SSSR count). The van der Waals surface area contributed by atoms with Crippen molar-refractivity contribution in [3.05, 3.63) is 6.33 Å². The highest BCUT2D eigenvalue weighted by molar-refractivity contribution is 8.00. The van der Waals surface area contributed by atoms with Crippen LogP contribution >= 0.6 is 11.8 Å². The van der Waals surface area contributed by atoms with Crippen molar-refractivity contribution in [1.29, 1.82) is 0 Å². The summed E-state index contributed by atoms with van der Waals surface area (Å²) in [6, 6.07) is 0.341. The summed E-state index contributed by atoms with van der Waals surface area (Å²) >= 11 is 1.95.